The Morgan fingerprint density at radius 1 is 0.643 bits per heavy atom. The van der Waals surface area contributed by atoms with E-state index in [1.54, 1.807) is 0 Å². The summed E-state index contributed by atoms with van der Waals surface area (Å²) in [5.41, 5.74) is -2.60. The van der Waals surface area contributed by atoms with E-state index in [0.29, 0.717) is 0 Å². The van der Waals surface area contributed by atoms with Crippen LogP contribution in [0.4, 0.5) is 17.6 Å². The van der Waals surface area contributed by atoms with Crippen LogP contribution in [0.25, 0.3) is 0 Å². The van der Waals surface area contributed by atoms with Gasteiger partial charge in [0.25, 0.3) is 0 Å². The van der Waals surface area contributed by atoms with Crippen molar-refractivity contribution in [1.29, 1.82) is 0 Å². The van der Waals surface area contributed by atoms with Crippen LogP contribution in [0.5, 0.6) is 0 Å². The van der Waals surface area contributed by atoms with Gasteiger partial charge in [0.1, 0.15) is 5.82 Å². The molecule has 0 unspecified atom stereocenters. The number of hydrogen-bond donors (Lipinski definition) is 0. The SMILES string of the molecule is O=Cc1c(F)c(F)c(F)c(C=O)c1F. The predicted molar refractivity (Wildman–Crippen MR) is 37.0 cm³/mol. The molecule has 0 radical (unpaired) electrons. The van der Waals surface area contributed by atoms with Crippen LogP contribution in [0, 0.1) is 23.3 Å². The highest BCUT2D eigenvalue weighted by molar-refractivity contribution is 5.83. The first-order valence-corrected chi connectivity index (χ1v) is 3.30. The molecule has 0 N–H and O–H groups in total. The van der Waals surface area contributed by atoms with Gasteiger partial charge in [-0.1, -0.05) is 0 Å². The Bertz CT molecular complexity index is 379. The number of carbonyl (C=O) groups is 2. The summed E-state index contributed by atoms with van der Waals surface area (Å²) in [5, 5.41) is 0. The second-order valence-electron chi connectivity index (χ2n) is 2.32. The van der Waals surface area contributed by atoms with Crippen LogP contribution in [-0.4, -0.2) is 12.6 Å². The van der Waals surface area contributed by atoms with E-state index in [2.05, 4.69) is 0 Å². The summed E-state index contributed by atoms with van der Waals surface area (Å²) >= 11 is 0. The molecule has 2 nitrogen and oxygen atoms in total. The number of aldehydes is 2. The van der Waals surface area contributed by atoms with E-state index in [-0.39, 0.29) is 12.6 Å². The quantitative estimate of drug-likeness (QED) is 0.320. The van der Waals surface area contributed by atoms with E-state index >= 15 is 0 Å². The maximum absolute atomic E-state index is 12.9. The van der Waals surface area contributed by atoms with Gasteiger partial charge in [-0.15, -0.1) is 0 Å². The number of carbonyl (C=O) groups excluding carboxylic acids is 2. The first-order chi connectivity index (χ1) is 6.54. The van der Waals surface area contributed by atoms with Crippen molar-refractivity contribution < 1.29 is 27.2 Å². The maximum Gasteiger partial charge on any atom is 0.196 e. The first kappa shape index (κ1) is 10.4. The van der Waals surface area contributed by atoms with Gasteiger partial charge in [-0.25, -0.2) is 17.6 Å². The molecule has 1 aromatic carbocycles. The van der Waals surface area contributed by atoms with Gasteiger partial charge < -0.3 is 0 Å². The van der Waals surface area contributed by atoms with Gasteiger partial charge >= 0.3 is 0 Å². The molecule has 0 heterocycles. The Morgan fingerprint density at radius 3 is 1.29 bits per heavy atom. The summed E-state index contributed by atoms with van der Waals surface area (Å²) in [4.78, 5) is 20.2. The second-order valence-corrected chi connectivity index (χ2v) is 2.32. The highest BCUT2D eigenvalue weighted by atomic mass is 19.2. The number of benzene rings is 1. The fourth-order valence-corrected chi connectivity index (χ4v) is 0.878. The summed E-state index contributed by atoms with van der Waals surface area (Å²) < 4.78 is 50.7. The summed E-state index contributed by atoms with van der Waals surface area (Å²) in [6.45, 7) is 0. The zero-order valence-electron chi connectivity index (χ0n) is 6.48. The third-order valence-corrected chi connectivity index (χ3v) is 1.57. The predicted octanol–water partition coefficient (Wildman–Crippen LogP) is 1.87. The molecule has 0 aliphatic heterocycles. The normalized spacial score (nSPS) is 10.0. The van der Waals surface area contributed by atoms with Gasteiger partial charge in [-0.2, -0.15) is 0 Å². The van der Waals surface area contributed by atoms with E-state index in [0.717, 1.165) is 0 Å². The fourth-order valence-electron chi connectivity index (χ4n) is 0.878. The van der Waals surface area contributed by atoms with Crippen LogP contribution < -0.4 is 0 Å². The summed E-state index contributed by atoms with van der Waals surface area (Å²) in [6.07, 6.45) is -0.666. The highest BCUT2D eigenvalue weighted by Gasteiger charge is 2.24. The molecule has 0 aliphatic carbocycles. The molecule has 1 rings (SSSR count). The van der Waals surface area contributed by atoms with Crippen LogP contribution in [0.2, 0.25) is 0 Å². The topological polar surface area (TPSA) is 34.1 Å². The summed E-state index contributed by atoms with van der Waals surface area (Å²) in [7, 11) is 0. The molecule has 0 spiro atoms. The van der Waals surface area contributed by atoms with Gasteiger partial charge in [0, 0.05) is 0 Å². The minimum absolute atomic E-state index is 0.333. The molecular weight excluding hydrogens is 204 g/mol. The van der Waals surface area contributed by atoms with Crippen molar-refractivity contribution >= 4 is 12.6 Å². The summed E-state index contributed by atoms with van der Waals surface area (Å²) in [6, 6.07) is 0. The summed E-state index contributed by atoms with van der Waals surface area (Å²) in [5.74, 6) is -7.64. The maximum atomic E-state index is 12.9. The number of hydrogen-bond acceptors (Lipinski definition) is 2. The van der Waals surface area contributed by atoms with Crippen LogP contribution in [0.3, 0.4) is 0 Å². The largest absolute Gasteiger partial charge is 0.298 e. The van der Waals surface area contributed by atoms with E-state index < -0.39 is 34.4 Å². The van der Waals surface area contributed by atoms with Crippen molar-refractivity contribution in [2.45, 2.75) is 0 Å². The van der Waals surface area contributed by atoms with Gasteiger partial charge in [0.15, 0.2) is 30.0 Å². The monoisotopic (exact) mass is 206 g/mol. The highest BCUT2D eigenvalue weighted by Crippen LogP contribution is 2.21. The number of rotatable bonds is 2. The van der Waals surface area contributed by atoms with Crippen molar-refractivity contribution in [1.82, 2.24) is 0 Å². The molecule has 1 aromatic rings. The third kappa shape index (κ3) is 1.28. The van der Waals surface area contributed by atoms with Gasteiger partial charge in [-0.3, -0.25) is 9.59 Å². The Labute approximate surface area is 75.1 Å². The molecule has 0 aromatic heterocycles. The minimum Gasteiger partial charge on any atom is -0.298 e. The van der Waals surface area contributed by atoms with E-state index in [1.807, 2.05) is 0 Å². The van der Waals surface area contributed by atoms with Crippen LogP contribution in [0.1, 0.15) is 20.7 Å². The van der Waals surface area contributed by atoms with Gasteiger partial charge in [0.05, 0.1) is 11.1 Å². The Morgan fingerprint density at radius 2 is 1.00 bits per heavy atom. The van der Waals surface area contributed by atoms with Crippen molar-refractivity contribution in [2.24, 2.45) is 0 Å². The Kier molecular flexibility index (Phi) is 2.64. The fraction of sp³-hybridized carbons (Fsp3) is 0. The van der Waals surface area contributed by atoms with Crippen LogP contribution in [0.15, 0.2) is 0 Å². The molecule has 0 aliphatic rings. The lowest BCUT2D eigenvalue weighted by Gasteiger charge is -2.03. The first-order valence-electron chi connectivity index (χ1n) is 3.30. The Balaban J connectivity index is 3.72. The lowest BCUT2D eigenvalue weighted by molar-refractivity contribution is 0.111. The zero-order valence-corrected chi connectivity index (χ0v) is 6.48. The molecule has 0 bridgehead atoms. The molecule has 14 heavy (non-hydrogen) atoms. The minimum atomic E-state index is -2.05. The molecule has 6 heteroatoms. The average Bonchev–Trinajstić information content (AvgIpc) is 2.16. The lowest BCUT2D eigenvalue weighted by Crippen LogP contribution is -2.07. The van der Waals surface area contributed by atoms with Crippen molar-refractivity contribution in [3.63, 3.8) is 0 Å². The van der Waals surface area contributed by atoms with Crippen molar-refractivity contribution in [2.75, 3.05) is 0 Å². The van der Waals surface area contributed by atoms with Crippen molar-refractivity contribution in [3.8, 4) is 0 Å². The number of halogens is 4. The molecule has 0 saturated carbocycles. The average molecular weight is 206 g/mol. The van der Waals surface area contributed by atoms with Crippen molar-refractivity contribution in [3.05, 3.63) is 34.4 Å². The molecule has 74 valence electrons. The van der Waals surface area contributed by atoms with Gasteiger partial charge in [0.2, 0.25) is 0 Å². The van der Waals surface area contributed by atoms with Crippen LogP contribution >= 0.6 is 0 Å². The molecule has 0 amide bonds. The zero-order chi connectivity index (χ0) is 10.9. The smallest absolute Gasteiger partial charge is 0.196 e. The molecule has 0 atom stereocenters. The van der Waals surface area contributed by atoms with Crippen LogP contribution in [-0.2, 0) is 0 Å². The molecule has 0 fully saturated rings. The van der Waals surface area contributed by atoms with E-state index in [4.69, 9.17) is 0 Å². The molecular formula is C8H2F4O2. The second kappa shape index (κ2) is 3.57. The van der Waals surface area contributed by atoms with E-state index in [9.17, 15) is 27.2 Å². The lowest BCUT2D eigenvalue weighted by atomic mass is 10.1. The van der Waals surface area contributed by atoms with E-state index in [1.165, 1.54) is 0 Å². The Hall–Kier alpha value is -1.72. The van der Waals surface area contributed by atoms with Gasteiger partial charge in [-0.05, 0) is 0 Å². The third-order valence-electron chi connectivity index (χ3n) is 1.57. The standard InChI is InChI=1S/C8H2F4O2/c9-5-3(1-13)6(10)8(12)7(11)4(5)2-14/h1-2H. The molecule has 0 saturated heterocycles.